The highest BCUT2D eigenvalue weighted by Crippen LogP contribution is 2.31. The van der Waals surface area contributed by atoms with Crippen LogP contribution in [0.1, 0.15) is 18.4 Å². The van der Waals surface area contributed by atoms with E-state index in [1.807, 2.05) is 12.3 Å². The van der Waals surface area contributed by atoms with Crippen molar-refractivity contribution in [3.63, 3.8) is 0 Å². The van der Waals surface area contributed by atoms with E-state index in [-0.39, 0.29) is 0 Å². The number of thiazole rings is 1. The Morgan fingerprint density at radius 3 is 2.79 bits per heavy atom. The predicted molar refractivity (Wildman–Crippen MR) is 60.3 cm³/mol. The summed E-state index contributed by atoms with van der Waals surface area (Å²) < 4.78 is 6.25. The van der Waals surface area contributed by atoms with Gasteiger partial charge in [0.2, 0.25) is 0 Å². The molecule has 2 aromatic heterocycles. The Hall–Kier alpha value is -0.460. The maximum absolute atomic E-state index is 4.37. The van der Waals surface area contributed by atoms with Crippen molar-refractivity contribution < 1.29 is 0 Å². The fourth-order valence-electron chi connectivity index (χ4n) is 0.877. The van der Waals surface area contributed by atoms with E-state index in [0.717, 1.165) is 26.6 Å². The van der Waals surface area contributed by atoms with Crippen molar-refractivity contribution in [1.82, 2.24) is 14.3 Å². The highest BCUT2D eigenvalue weighted by atomic mass is 32.2. The first-order valence-electron chi connectivity index (χ1n) is 4.20. The minimum Gasteiger partial charge on any atom is -0.235 e. The van der Waals surface area contributed by atoms with Crippen LogP contribution in [0.3, 0.4) is 0 Å². The molecular weight excluding hydrogens is 234 g/mol. The Morgan fingerprint density at radius 1 is 1.36 bits per heavy atom. The van der Waals surface area contributed by atoms with Crippen molar-refractivity contribution in [3.05, 3.63) is 16.9 Å². The maximum atomic E-state index is 4.37. The summed E-state index contributed by atoms with van der Waals surface area (Å²) in [4.78, 5) is 8.73. The van der Waals surface area contributed by atoms with Crippen molar-refractivity contribution in [3.8, 4) is 0 Å². The van der Waals surface area contributed by atoms with Crippen molar-refractivity contribution in [1.29, 1.82) is 0 Å². The van der Waals surface area contributed by atoms with Gasteiger partial charge in [-0.15, -0.1) is 11.3 Å². The highest BCUT2D eigenvalue weighted by Gasteiger charge is 2.06. The summed E-state index contributed by atoms with van der Waals surface area (Å²) in [5.74, 6) is 0.922. The molecule has 2 aromatic rings. The van der Waals surface area contributed by atoms with E-state index >= 15 is 0 Å². The molecule has 3 nitrogen and oxygen atoms in total. The summed E-state index contributed by atoms with van der Waals surface area (Å²) in [5, 5.41) is 2.05. The molecule has 0 aromatic carbocycles. The molecule has 0 aliphatic rings. The van der Waals surface area contributed by atoms with Gasteiger partial charge in [0.05, 0.1) is 0 Å². The first-order valence-corrected chi connectivity index (χ1v) is 6.67. The molecule has 0 atom stereocenters. The van der Waals surface area contributed by atoms with Gasteiger partial charge in [0.25, 0.3) is 0 Å². The molecule has 2 rings (SSSR count). The number of aryl methyl sites for hydroxylation is 2. The van der Waals surface area contributed by atoms with Crippen molar-refractivity contribution in [2.75, 3.05) is 0 Å². The summed E-state index contributed by atoms with van der Waals surface area (Å²) in [6, 6.07) is 0. The molecule has 0 saturated heterocycles. The zero-order valence-corrected chi connectivity index (χ0v) is 10.3. The van der Waals surface area contributed by atoms with Gasteiger partial charge in [0, 0.05) is 17.5 Å². The summed E-state index contributed by atoms with van der Waals surface area (Å²) in [7, 11) is 0. The largest absolute Gasteiger partial charge is 0.235 e. The molecule has 14 heavy (non-hydrogen) atoms. The molecule has 74 valence electrons. The fourth-order valence-corrected chi connectivity index (χ4v) is 3.62. The third-order valence-corrected chi connectivity index (χ3v) is 4.38. The second kappa shape index (κ2) is 4.37. The fraction of sp³-hybridized carbons (Fsp3) is 0.375. The van der Waals surface area contributed by atoms with Crippen molar-refractivity contribution in [2.24, 2.45) is 0 Å². The lowest BCUT2D eigenvalue weighted by Gasteiger charge is -1.87. The summed E-state index contributed by atoms with van der Waals surface area (Å²) >= 11 is 4.70. The minimum atomic E-state index is 0.897. The zero-order valence-electron chi connectivity index (χ0n) is 7.85. The molecule has 0 amide bonds. The van der Waals surface area contributed by atoms with Crippen LogP contribution in [0.25, 0.3) is 0 Å². The molecule has 0 fully saturated rings. The quantitative estimate of drug-likeness (QED) is 0.830. The average molecular weight is 243 g/mol. The predicted octanol–water partition coefficient (Wildman–Crippen LogP) is 3.02. The molecule has 2 heterocycles. The molecule has 0 spiro atoms. The Balaban J connectivity index is 2.10. The van der Waals surface area contributed by atoms with Crippen LogP contribution in [-0.2, 0) is 6.42 Å². The van der Waals surface area contributed by atoms with Crippen molar-refractivity contribution in [2.45, 2.75) is 28.9 Å². The molecule has 0 unspecified atom stereocenters. The number of aromatic nitrogens is 3. The molecule has 0 N–H and O–H groups in total. The third-order valence-electron chi connectivity index (χ3n) is 1.54. The highest BCUT2D eigenvalue weighted by molar-refractivity contribution is 8.02. The van der Waals surface area contributed by atoms with E-state index in [1.54, 1.807) is 23.1 Å². The Morgan fingerprint density at radius 2 is 2.21 bits per heavy atom. The second-order valence-corrected chi connectivity index (χ2v) is 5.79. The van der Waals surface area contributed by atoms with Gasteiger partial charge in [-0.3, -0.25) is 0 Å². The first-order chi connectivity index (χ1) is 6.78. The van der Waals surface area contributed by atoms with Crippen LogP contribution >= 0.6 is 34.6 Å². The van der Waals surface area contributed by atoms with Gasteiger partial charge < -0.3 is 0 Å². The third kappa shape index (κ3) is 2.31. The lowest BCUT2D eigenvalue weighted by atomic mass is 10.5. The Kier molecular flexibility index (Phi) is 3.15. The van der Waals surface area contributed by atoms with Crippen LogP contribution in [0.2, 0.25) is 0 Å². The standard InChI is InChI=1S/C8H9N3S3/c1-3-6-10-8(14-11-6)13-7-9-5(2)4-12-7/h4H,3H2,1-2H3. The minimum absolute atomic E-state index is 0.897. The van der Waals surface area contributed by atoms with Crippen LogP contribution in [-0.4, -0.2) is 14.3 Å². The lowest BCUT2D eigenvalue weighted by molar-refractivity contribution is 0.971. The van der Waals surface area contributed by atoms with Gasteiger partial charge in [0.1, 0.15) is 5.82 Å². The summed E-state index contributed by atoms with van der Waals surface area (Å²) in [6.07, 6.45) is 0.897. The molecule has 0 radical (unpaired) electrons. The van der Waals surface area contributed by atoms with Gasteiger partial charge in [-0.2, -0.15) is 4.37 Å². The topological polar surface area (TPSA) is 38.7 Å². The van der Waals surface area contributed by atoms with E-state index in [1.165, 1.54) is 11.5 Å². The van der Waals surface area contributed by atoms with E-state index in [4.69, 9.17) is 0 Å². The maximum Gasteiger partial charge on any atom is 0.177 e. The lowest BCUT2D eigenvalue weighted by Crippen LogP contribution is -1.80. The molecule has 6 heteroatoms. The second-order valence-electron chi connectivity index (χ2n) is 2.69. The summed E-state index contributed by atoms with van der Waals surface area (Å²) in [6.45, 7) is 4.06. The van der Waals surface area contributed by atoms with Crippen molar-refractivity contribution >= 4 is 34.6 Å². The number of hydrogen-bond acceptors (Lipinski definition) is 6. The van der Waals surface area contributed by atoms with Gasteiger partial charge in [0.15, 0.2) is 8.68 Å². The van der Waals surface area contributed by atoms with Gasteiger partial charge in [-0.05, 0) is 30.2 Å². The SMILES string of the molecule is CCc1nsc(Sc2nc(C)cs2)n1. The number of rotatable bonds is 3. The van der Waals surface area contributed by atoms with E-state index in [9.17, 15) is 0 Å². The smallest absolute Gasteiger partial charge is 0.177 e. The number of nitrogens with zero attached hydrogens (tertiary/aromatic N) is 3. The van der Waals surface area contributed by atoms with Crippen LogP contribution in [0, 0.1) is 6.92 Å². The van der Waals surface area contributed by atoms with Gasteiger partial charge in [-0.1, -0.05) is 6.92 Å². The molecular formula is C8H9N3S3. The Labute approximate surface area is 94.8 Å². The molecule has 0 aliphatic carbocycles. The normalized spacial score (nSPS) is 10.7. The molecule has 0 bridgehead atoms. The summed E-state index contributed by atoms with van der Waals surface area (Å²) in [5.41, 5.74) is 1.07. The van der Waals surface area contributed by atoms with Crippen LogP contribution < -0.4 is 0 Å². The number of hydrogen-bond donors (Lipinski definition) is 0. The average Bonchev–Trinajstić information content (AvgIpc) is 2.76. The van der Waals surface area contributed by atoms with Gasteiger partial charge in [-0.25, -0.2) is 9.97 Å². The van der Waals surface area contributed by atoms with E-state index in [0.29, 0.717) is 0 Å². The van der Waals surface area contributed by atoms with Gasteiger partial charge >= 0.3 is 0 Å². The van der Waals surface area contributed by atoms with Crippen LogP contribution in [0.5, 0.6) is 0 Å². The monoisotopic (exact) mass is 243 g/mol. The zero-order chi connectivity index (χ0) is 9.97. The Bertz CT molecular complexity index is 421. The first kappa shape index (κ1) is 10.1. The molecule has 0 aliphatic heterocycles. The van der Waals surface area contributed by atoms with E-state index < -0.39 is 0 Å². The molecule has 0 saturated carbocycles. The van der Waals surface area contributed by atoms with E-state index in [2.05, 4.69) is 21.3 Å². The van der Waals surface area contributed by atoms with Crippen LogP contribution in [0.15, 0.2) is 14.1 Å². The van der Waals surface area contributed by atoms with Crippen LogP contribution in [0.4, 0.5) is 0 Å².